The molecule has 4 nitrogen and oxygen atoms in total. The molecule has 1 aliphatic heterocycles. The SMILES string of the molecule is CCNC1COCC1C(=O)Nc1cc(Cl)ccc1C. The fraction of sp³-hybridized carbons (Fsp3) is 0.500. The van der Waals surface area contributed by atoms with Crippen LogP contribution in [0.5, 0.6) is 0 Å². The number of halogens is 1. The molecule has 2 rings (SSSR count). The zero-order valence-electron chi connectivity index (χ0n) is 11.2. The first-order valence-corrected chi connectivity index (χ1v) is 6.87. The van der Waals surface area contributed by atoms with Crippen LogP contribution >= 0.6 is 11.6 Å². The van der Waals surface area contributed by atoms with E-state index in [-0.39, 0.29) is 17.9 Å². The first kappa shape index (κ1) is 14.3. The van der Waals surface area contributed by atoms with Gasteiger partial charge in [-0.2, -0.15) is 0 Å². The van der Waals surface area contributed by atoms with Crippen molar-refractivity contribution < 1.29 is 9.53 Å². The van der Waals surface area contributed by atoms with Crippen LogP contribution in [0.3, 0.4) is 0 Å². The number of hydrogen-bond acceptors (Lipinski definition) is 3. The van der Waals surface area contributed by atoms with Gasteiger partial charge in [-0.3, -0.25) is 4.79 Å². The molecular weight excluding hydrogens is 264 g/mol. The summed E-state index contributed by atoms with van der Waals surface area (Å²) < 4.78 is 5.39. The number of ether oxygens (including phenoxy) is 1. The molecule has 1 aliphatic rings. The number of aryl methyl sites for hydroxylation is 1. The fourth-order valence-corrected chi connectivity index (χ4v) is 2.40. The molecule has 1 fully saturated rings. The zero-order chi connectivity index (χ0) is 13.8. The van der Waals surface area contributed by atoms with Gasteiger partial charge in [0.1, 0.15) is 0 Å². The minimum atomic E-state index is -0.154. The Bertz CT molecular complexity index is 465. The van der Waals surface area contributed by atoms with Gasteiger partial charge in [-0.1, -0.05) is 24.6 Å². The molecular formula is C14H19ClN2O2. The number of likely N-dealkylation sites (N-methyl/N-ethyl adjacent to an activating group) is 1. The number of carbonyl (C=O) groups is 1. The maximum atomic E-state index is 12.3. The predicted molar refractivity (Wildman–Crippen MR) is 76.6 cm³/mol. The van der Waals surface area contributed by atoms with Gasteiger partial charge in [-0.25, -0.2) is 0 Å². The smallest absolute Gasteiger partial charge is 0.231 e. The molecule has 1 saturated heterocycles. The maximum absolute atomic E-state index is 12.3. The molecule has 0 aliphatic carbocycles. The third-order valence-electron chi connectivity index (χ3n) is 3.34. The summed E-state index contributed by atoms with van der Waals surface area (Å²) in [7, 11) is 0. The van der Waals surface area contributed by atoms with Gasteiger partial charge in [-0.05, 0) is 31.2 Å². The highest BCUT2D eigenvalue weighted by Crippen LogP contribution is 2.22. The van der Waals surface area contributed by atoms with Crippen LogP contribution in [-0.2, 0) is 9.53 Å². The van der Waals surface area contributed by atoms with Crippen molar-refractivity contribution in [1.82, 2.24) is 5.32 Å². The number of nitrogens with one attached hydrogen (secondary N) is 2. The number of anilines is 1. The van der Waals surface area contributed by atoms with Crippen molar-refractivity contribution in [1.29, 1.82) is 0 Å². The monoisotopic (exact) mass is 282 g/mol. The Hall–Kier alpha value is -1.10. The van der Waals surface area contributed by atoms with Gasteiger partial charge < -0.3 is 15.4 Å². The van der Waals surface area contributed by atoms with Crippen molar-refractivity contribution >= 4 is 23.2 Å². The molecule has 1 aromatic carbocycles. The average molecular weight is 283 g/mol. The summed E-state index contributed by atoms with van der Waals surface area (Å²) in [5, 5.41) is 6.83. The van der Waals surface area contributed by atoms with E-state index in [0.29, 0.717) is 18.2 Å². The Labute approximate surface area is 118 Å². The second-order valence-electron chi connectivity index (χ2n) is 4.76. The first-order valence-electron chi connectivity index (χ1n) is 6.50. The molecule has 19 heavy (non-hydrogen) atoms. The Balaban J connectivity index is 2.06. The van der Waals surface area contributed by atoms with E-state index in [4.69, 9.17) is 16.3 Å². The molecule has 2 N–H and O–H groups in total. The van der Waals surface area contributed by atoms with Crippen LogP contribution in [0.1, 0.15) is 12.5 Å². The number of amides is 1. The topological polar surface area (TPSA) is 50.4 Å². The maximum Gasteiger partial charge on any atom is 0.231 e. The molecule has 0 radical (unpaired) electrons. The number of benzene rings is 1. The van der Waals surface area contributed by atoms with E-state index in [9.17, 15) is 4.79 Å². The lowest BCUT2D eigenvalue weighted by molar-refractivity contribution is -0.120. The van der Waals surface area contributed by atoms with Gasteiger partial charge in [0, 0.05) is 16.8 Å². The van der Waals surface area contributed by atoms with E-state index in [1.54, 1.807) is 6.07 Å². The summed E-state index contributed by atoms with van der Waals surface area (Å²) in [5.74, 6) is -0.174. The van der Waals surface area contributed by atoms with Crippen LogP contribution in [0, 0.1) is 12.8 Å². The van der Waals surface area contributed by atoms with Crippen molar-refractivity contribution in [3.63, 3.8) is 0 Å². The highest BCUT2D eigenvalue weighted by atomic mass is 35.5. The molecule has 1 amide bonds. The Kier molecular flexibility index (Phi) is 4.80. The van der Waals surface area contributed by atoms with Gasteiger partial charge in [0.25, 0.3) is 0 Å². The van der Waals surface area contributed by atoms with Crippen molar-refractivity contribution in [2.75, 3.05) is 25.1 Å². The molecule has 2 atom stereocenters. The summed E-state index contributed by atoms with van der Waals surface area (Å²) in [5.41, 5.74) is 1.76. The molecule has 0 bridgehead atoms. The molecule has 0 saturated carbocycles. The van der Waals surface area contributed by atoms with E-state index in [0.717, 1.165) is 17.8 Å². The summed E-state index contributed by atoms with van der Waals surface area (Å²) in [6.45, 7) is 5.84. The van der Waals surface area contributed by atoms with Gasteiger partial charge in [0.2, 0.25) is 5.91 Å². The van der Waals surface area contributed by atoms with Crippen LogP contribution in [0.15, 0.2) is 18.2 Å². The Morgan fingerprint density at radius 3 is 3.00 bits per heavy atom. The van der Waals surface area contributed by atoms with Crippen LogP contribution in [0.25, 0.3) is 0 Å². The van der Waals surface area contributed by atoms with Gasteiger partial charge in [-0.15, -0.1) is 0 Å². The molecule has 2 unspecified atom stereocenters. The number of hydrogen-bond donors (Lipinski definition) is 2. The van der Waals surface area contributed by atoms with Crippen LogP contribution in [-0.4, -0.2) is 31.7 Å². The molecule has 5 heteroatoms. The zero-order valence-corrected chi connectivity index (χ0v) is 12.0. The van der Waals surface area contributed by atoms with Crippen LogP contribution < -0.4 is 10.6 Å². The third-order valence-corrected chi connectivity index (χ3v) is 3.58. The largest absolute Gasteiger partial charge is 0.379 e. The van der Waals surface area contributed by atoms with Gasteiger partial charge in [0.15, 0.2) is 0 Å². The van der Waals surface area contributed by atoms with Crippen molar-refractivity contribution in [3.8, 4) is 0 Å². The molecule has 0 spiro atoms. The number of rotatable bonds is 4. The molecule has 104 valence electrons. The molecule has 1 heterocycles. The third kappa shape index (κ3) is 3.47. The van der Waals surface area contributed by atoms with Gasteiger partial charge in [0.05, 0.1) is 19.1 Å². The summed E-state index contributed by atoms with van der Waals surface area (Å²) >= 11 is 5.95. The van der Waals surface area contributed by atoms with Crippen molar-refractivity contribution in [2.45, 2.75) is 19.9 Å². The lowest BCUT2D eigenvalue weighted by Crippen LogP contribution is -2.41. The minimum Gasteiger partial charge on any atom is -0.379 e. The van der Waals surface area contributed by atoms with Gasteiger partial charge >= 0.3 is 0 Å². The lowest BCUT2D eigenvalue weighted by atomic mass is 10.0. The normalized spacial score (nSPS) is 22.5. The highest BCUT2D eigenvalue weighted by Gasteiger charge is 2.33. The predicted octanol–water partition coefficient (Wildman–Crippen LogP) is 2.21. The second-order valence-corrected chi connectivity index (χ2v) is 5.19. The minimum absolute atomic E-state index is 0.0196. The van der Waals surface area contributed by atoms with E-state index >= 15 is 0 Å². The standard InChI is InChI=1S/C14H19ClN2O2/c1-3-16-13-8-19-7-11(13)14(18)17-12-6-10(15)5-4-9(12)2/h4-6,11,13,16H,3,7-8H2,1-2H3,(H,17,18). The highest BCUT2D eigenvalue weighted by molar-refractivity contribution is 6.31. The summed E-state index contributed by atoms with van der Waals surface area (Å²) in [6.07, 6.45) is 0. The van der Waals surface area contributed by atoms with Crippen LogP contribution in [0.2, 0.25) is 5.02 Å². The lowest BCUT2D eigenvalue weighted by Gasteiger charge is -2.18. The molecule has 0 aromatic heterocycles. The van der Waals surface area contributed by atoms with E-state index in [1.807, 2.05) is 26.0 Å². The quantitative estimate of drug-likeness (QED) is 0.890. The Morgan fingerprint density at radius 2 is 2.26 bits per heavy atom. The second kappa shape index (κ2) is 6.37. The van der Waals surface area contributed by atoms with Crippen LogP contribution in [0.4, 0.5) is 5.69 Å². The summed E-state index contributed by atoms with van der Waals surface area (Å²) in [6, 6.07) is 5.56. The van der Waals surface area contributed by atoms with Crippen molar-refractivity contribution in [3.05, 3.63) is 28.8 Å². The van der Waals surface area contributed by atoms with Crippen molar-refractivity contribution in [2.24, 2.45) is 5.92 Å². The summed E-state index contributed by atoms with van der Waals surface area (Å²) in [4.78, 5) is 12.3. The number of carbonyl (C=O) groups excluding carboxylic acids is 1. The Morgan fingerprint density at radius 1 is 1.47 bits per heavy atom. The van der Waals surface area contributed by atoms with E-state index in [2.05, 4.69) is 10.6 Å². The molecule has 1 aromatic rings. The average Bonchev–Trinajstić information content (AvgIpc) is 2.82. The fourth-order valence-electron chi connectivity index (χ4n) is 2.23. The first-order chi connectivity index (χ1) is 9.11. The van der Waals surface area contributed by atoms with E-state index in [1.165, 1.54) is 0 Å². The van der Waals surface area contributed by atoms with E-state index < -0.39 is 0 Å².